The van der Waals surface area contributed by atoms with Gasteiger partial charge in [0.15, 0.2) is 0 Å². The molecule has 1 unspecified atom stereocenters. The van der Waals surface area contributed by atoms with Crippen molar-refractivity contribution in [3.05, 3.63) is 42.5 Å². The zero-order valence-corrected chi connectivity index (χ0v) is 11.7. The molecule has 1 aromatic rings. The Morgan fingerprint density at radius 1 is 1.14 bits per heavy atom. The number of piperazine rings is 1. The lowest BCUT2D eigenvalue weighted by Crippen LogP contribution is -2.48. The molecule has 1 aliphatic rings. The predicted molar refractivity (Wildman–Crippen MR) is 76.3 cm³/mol. The minimum atomic E-state index is -4.29. The van der Waals surface area contributed by atoms with Crippen LogP contribution >= 0.6 is 0 Å². The summed E-state index contributed by atoms with van der Waals surface area (Å²) in [6.07, 6.45) is -3.33. The van der Waals surface area contributed by atoms with Crippen LogP contribution < -0.4 is 4.90 Å². The summed E-state index contributed by atoms with van der Waals surface area (Å²) in [4.78, 5) is 4.17. The van der Waals surface area contributed by atoms with Gasteiger partial charge in [0, 0.05) is 38.4 Å². The van der Waals surface area contributed by atoms with Crippen molar-refractivity contribution < 1.29 is 18.3 Å². The van der Waals surface area contributed by atoms with Crippen molar-refractivity contribution in [2.45, 2.75) is 12.3 Å². The number of halogens is 3. The molecule has 1 heterocycles. The van der Waals surface area contributed by atoms with Crippen molar-refractivity contribution in [3.63, 3.8) is 0 Å². The lowest BCUT2D eigenvalue weighted by molar-refractivity contribution is -0.137. The molecule has 3 nitrogen and oxygen atoms in total. The van der Waals surface area contributed by atoms with E-state index in [0.717, 1.165) is 44.0 Å². The molecule has 1 saturated heterocycles. The van der Waals surface area contributed by atoms with Crippen LogP contribution in [-0.2, 0) is 6.18 Å². The van der Waals surface area contributed by atoms with Gasteiger partial charge in [0.25, 0.3) is 0 Å². The first-order valence-corrected chi connectivity index (χ1v) is 6.85. The van der Waals surface area contributed by atoms with Crippen LogP contribution in [0, 0.1) is 0 Å². The summed E-state index contributed by atoms with van der Waals surface area (Å²) in [5.41, 5.74) is 0.172. The molecule has 0 aliphatic carbocycles. The molecule has 6 heteroatoms. The second-order valence-corrected chi connectivity index (χ2v) is 5.14. The topological polar surface area (TPSA) is 26.7 Å². The van der Waals surface area contributed by atoms with Gasteiger partial charge in [-0.3, -0.25) is 4.90 Å². The zero-order valence-electron chi connectivity index (χ0n) is 11.7. The standard InChI is InChI=1S/C15H19F3N2O/c1-2-14(21)11-19-7-9-20(10-8-19)13-5-3-12(4-6-13)15(16,17)18/h2-6,14,21H,1,7-11H2. The van der Waals surface area contributed by atoms with E-state index < -0.39 is 17.8 Å². The molecule has 1 atom stereocenters. The fraction of sp³-hybridized carbons (Fsp3) is 0.467. The van der Waals surface area contributed by atoms with Gasteiger partial charge in [0.2, 0.25) is 0 Å². The van der Waals surface area contributed by atoms with Crippen LogP contribution in [0.4, 0.5) is 18.9 Å². The average Bonchev–Trinajstić information content (AvgIpc) is 2.47. The van der Waals surface area contributed by atoms with Gasteiger partial charge in [0.1, 0.15) is 0 Å². The van der Waals surface area contributed by atoms with Crippen molar-refractivity contribution in [1.82, 2.24) is 4.90 Å². The maximum atomic E-state index is 12.5. The van der Waals surface area contributed by atoms with Crippen molar-refractivity contribution >= 4 is 5.69 Å². The van der Waals surface area contributed by atoms with Crippen molar-refractivity contribution in [2.75, 3.05) is 37.6 Å². The molecule has 0 spiro atoms. The summed E-state index contributed by atoms with van der Waals surface area (Å²) in [5.74, 6) is 0. The number of benzene rings is 1. The van der Waals surface area contributed by atoms with Gasteiger partial charge < -0.3 is 10.0 Å². The minimum absolute atomic E-state index is 0.539. The first kappa shape index (κ1) is 15.9. The summed E-state index contributed by atoms with van der Waals surface area (Å²) in [5, 5.41) is 9.52. The number of aliphatic hydroxyl groups is 1. The number of β-amino-alcohol motifs (C(OH)–C–C–N with tert-alkyl or cyclic N) is 1. The van der Waals surface area contributed by atoms with Crippen molar-refractivity contribution in [3.8, 4) is 0 Å². The zero-order chi connectivity index (χ0) is 15.5. The summed E-state index contributed by atoms with van der Waals surface area (Å²) < 4.78 is 37.5. The van der Waals surface area contributed by atoms with Gasteiger partial charge in [-0.25, -0.2) is 0 Å². The smallest absolute Gasteiger partial charge is 0.388 e. The number of nitrogens with zero attached hydrogens (tertiary/aromatic N) is 2. The van der Waals surface area contributed by atoms with E-state index in [4.69, 9.17) is 0 Å². The fourth-order valence-corrected chi connectivity index (χ4v) is 2.39. The van der Waals surface area contributed by atoms with Crippen LogP contribution in [0.1, 0.15) is 5.56 Å². The van der Waals surface area contributed by atoms with E-state index in [1.165, 1.54) is 18.2 Å². The van der Waals surface area contributed by atoms with E-state index in [1.807, 2.05) is 0 Å². The van der Waals surface area contributed by atoms with E-state index in [9.17, 15) is 18.3 Å². The molecule has 0 amide bonds. The van der Waals surface area contributed by atoms with Crippen LogP contribution in [0.2, 0.25) is 0 Å². The van der Waals surface area contributed by atoms with Crippen LogP contribution in [0.5, 0.6) is 0 Å². The van der Waals surface area contributed by atoms with Crippen LogP contribution in [0.3, 0.4) is 0 Å². The summed E-state index contributed by atoms with van der Waals surface area (Å²) in [6, 6.07) is 5.25. The van der Waals surface area contributed by atoms with Crippen LogP contribution in [-0.4, -0.2) is 48.8 Å². The van der Waals surface area contributed by atoms with Crippen molar-refractivity contribution in [2.24, 2.45) is 0 Å². The van der Waals surface area contributed by atoms with E-state index in [2.05, 4.69) is 16.4 Å². The molecule has 0 bridgehead atoms. The first-order chi connectivity index (χ1) is 9.90. The summed E-state index contributed by atoms with van der Waals surface area (Å²) in [6.45, 7) is 7.09. The largest absolute Gasteiger partial charge is 0.416 e. The Labute approximate surface area is 122 Å². The number of hydrogen-bond acceptors (Lipinski definition) is 3. The normalized spacial score (nSPS) is 18.6. The Morgan fingerprint density at radius 2 is 1.71 bits per heavy atom. The van der Waals surface area contributed by atoms with Gasteiger partial charge in [-0.15, -0.1) is 6.58 Å². The molecule has 116 valence electrons. The molecule has 1 N–H and O–H groups in total. The summed E-state index contributed by atoms with van der Waals surface area (Å²) >= 11 is 0. The highest BCUT2D eigenvalue weighted by atomic mass is 19.4. The maximum Gasteiger partial charge on any atom is 0.416 e. The number of rotatable bonds is 4. The van der Waals surface area contributed by atoms with Gasteiger partial charge in [-0.2, -0.15) is 13.2 Å². The third-order valence-corrected chi connectivity index (χ3v) is 3.65. The SMILES string of the molecule is C=CC(O)CN1CCN(c2ccc(C(F)(F)F)cc2)CC1. The second kappa shape index (κ2) is 6.49. The number of aliphatic hydroxyl groups excluding tert-OH is 1. The molecule has 1 fully saturated rings. The molecule has 1 aliphatic heterocycles. The van der Waals surface area contributed by atoms with Gasteiger partial charge >= 0.3 is 6.18 Å². The Hall–Kier alpha value is -1.53. The molecule has 2 rings (SSSR count). The van der Waals surface area contributed by atoms with Crippen molar-refractivity contribution in [1.29, 1.82) is 0 Å². The third-order valence-electron chi connectivity index (χ3n) is 3.65. The minimum Gasteiger partial charge on any atom is -0.388 e. The highest BCUT2D eigenvalue weighted by molar-refractivity contribution is 5.48. The lowest BCUT2D eigenvalue weighted by atomic mass is 10.1. The van der Waals surface area contributed by atoms with Gasteiger partial charge in [-0.1, -0.05) is 6.08 Å². The molecule has 0 radical (unpaired) electrons. The van der Waals surface area contributed by atoms with Crippen LogP contribution in [0.15, 0.2) is 36.9 Å². The number of alkyl halides is 3. The van der Waals surface area contributed by atoms with E-state index >= 15 is 0 Å². The Bertz CT molecular complexity index is 465. The third kappa shape index (κ3) is 4.22. The Morgan fingerprint density at radius 3 is 2.19 bits per heavy atom. The monoisotopic (exact) mass is 300 g/mol. The molecular weight excluding hydrogens is 281 g/mol. The van der Waals surface area contributed by atoms with E-state index in [1.54, 1.807) is 0 Å². The van der Waals surface area contributed by atoms with Gasteiger partial charge in [0.05, 0.1) is 11.7 Å². The lowest BCUT2D eigenvalue weighted by Gasteiger charge is -2.36. The Balaban J connectivity index is 1.92. The van der Waals surface area contributed by atoms with E-state index in [0.29, 0.717) is 6.54 Å². The second-order valence-electron chi connectivity index (χ2n) is 5.14. The highest BCUT2D eigenvalue weighted by Gasteiger charge is 2.30. The Kier molecular flexibility index (Phi) is 4.90. The molecular formula is C15H19F3N2O. The number of hydrogen-bond donors (Lipinski definition) is 1. The van der Waals surface area contributed by atoms with E-state index in [-0.39, 0.29) is 0 Å². The quantitative estimate of drug-likeness (QED) is 0.865. The molecule has 0 saturated carbocycles. The fourth-order valence-electron chi connectivity index (χ4n) is 2.39. The summed E-state index contributed by atoms with van der Waals surface area (Å²) in [7, 11) is 0. The van der Waals surface area contributed by atoms with Crippen LogP contribution in [0.25, 0.3) is 0 Å². The number of anilines is 1. The molecule has 1 aromatic carbocycles. The molecule has 0 aromatic heterocycles. The average molecular weight is 300 g/mol. The maximum absolute atomic E-state index is 12.5. The predicted octanol–water partition coefficient (Wildman–Crippen LogP) is 2.37. The first-order valence-electron chi connectivity index (χ1n) is 6.85. The highest BCUT2D eigenvalue weighted by Crippen LogP contribution is 2.30. The van der Waals surface area contributed by atoms with Gasteiger partial charge in [-0.05, 0) is 24.3 Å². The molecule has 21 heavy (non-hydrogen) atoms.